The molecule has 0 aliphatic heterocycles. The van der Waals surface area contributed by atoms with E-state index in [-0.39, 0.29) is 11.9 Å². The monoisotopic (exact) mass is 182 g/mol. The Balaban J connectivity index is 2.88. The summed E-state index contributed by atoms with van der Waals surface area (Å²) in [4.78, 5) is 0. The lowest BCUT2D eigenvalue weighted by Gasteiger charge is -2.11. The summed E-state index contributed by atoms with van der Waals surface area (Å²) in [6.07, 6.45) is 0.611. The topological polar surface area (TPSA) is 52.0 Å². The standard InChI is InChI=1S/C10H15FN2/c1-7-2-3-8(9(11)6-7)10(13)4-5-12/h2-3,6,10H,4-5,12-13H2,1H3/t10-/m1/s1. The molecule has 1 atom stereocenters. The third-order valence-electron chi connectivity index (χ3n) is 2.03. The molecule has 0 radical (unpaired) electrons. The summed E-state index contributed by atoms with van der Waals surface area (Å²) in [6.45, 7) is 2.33. The second-order valence-electron chi connectivity index (χ2n) is 3.21. The summed E-state index contributed by atoms with van der Waals surface area (Å²) in [5, 5.41) is 0. The highest BCUT2D eigenvalue weighted by molar-refractivity contribution is 5.25. The summed E-state index contributed by atoms with van der Waals surface area (Å²) in [5.41, 5.74) is 12.5. The highest BCUT2D eigenvalue weighted by atomic mass is 19.1. The zero-order valence-corrected chi connectivity index (χ0v) is 7.76. The van der Waals surface area contributed by atoms with Gasteiger partial charge in [0, 0.05) is 11.6 Å². The molecule has 1 aromatic carbocycles. The number of hydrogen-bond acceptors (Lipinski definition) is 2. The number of hydrogen-bond donors (Lipinski definition) is 2. The van der Waals surface area contributed by atoms with E-state index in [0.717, 1.165) is 5.56 Å². The van der Waals surface area contributed by atoms with Gasteiger partial charge in [0.25, 0.3) is 0 Å². The summed E-state index contributed by atoms with van der Waals surface area (Å²) in [5.74, 6) is -0.235. The van der Waals surface area contributed by atoms with Gasteiger partial charge in [0.05, 0.1) is 0 Å². The molecule has 4 N–H and O–H groups in total. The minimum atomic E-state index is -0.286. The van der Waals surface area contributed by atoms with Crippen LogP contribution in [0.25, 0.3) is 0 Å². The number of aryl methyl sites for hydroxylation is 1. The molecule has 0 bridgehead atoms. The molecule has 0 heterocycles. The maximum atomic E-state index is 13.3. The Kier molecular flexibility index (Phi) is 3.39. The van der Waals surface area contributed by atoms with Crippen molar-refractivity contribution in [3.05, 3.63) is 35.1 Å². The average molecular weight is 182 g/mol. The van der Waals surface area contributed by atoms with Gasteiger partial charge in [-0.1, -0.05) is 12.1 Å². The number of nitrogens with two attached hydrogens (primary N) is 2. The number of rotatable bonds is 3. The minimum Gasteiger partial charge on any atom is -0.330 e. The first-order valence-corrected chi connectivity index (χ1v) is 4.37. The molecule has 0 spiro atoms. The van der Waals surface area contributed by atoms with Gasteiger partial charge in [0.1, 0.15) is 5.82 Å². The van der Waals surface area contributed by atoms with Gasteiger partial charge in [-0.3, -0.25) is 0 Å². The van der Waals surface area contributed by atoms with E-state index in [4.69, 9.17) is 11.5 Å². The van der Waals surface area contributed by atoms with Crippen LogP contribution in [-0.4, -0.2) is 6.54 Å². The fourth-order valence-corrected chi connectivity index (χ4v) is 1.27. The second-order valence-corrected chi connectivity index (χ2v) is 3.21. The highest BCUT2D eigenvalue weighted by Gasteiger charge is 2.09. The summed E-state index contributed by atoms with van der Waals surface area (Å²) < 4.78 is 13.3. The zero-order chi connectivity index (χ0) is 9.84. The lowest BCUT2D eigenvalue weighted by atomic mass is 10.0. The van der Waals surface area contributed by atoms with Gasteiger partial charge in [-0.25, -0.2) is 4.39 Å². The van der Waals surface area contributed by atoms with E-state index in [0.29, 0.717) is 18.5 Å². The first-order chi connectivity index (χ1) is 6.15. The summed E-state index contributed by atoms with van der Waals surface area (Å²) in [7, 11) is 0. The van der Waals surface area contributed by atoms with Gasteiger partial charge in [-0.05, 0) is 31.5 Å². The SMILES string of the molecule is Cc1ccc([C@H](N)CCN)c(F)c1. The molecule has 0 aliphatic rings. The van der Waals surface area contributed by atoms with Crippen molar-refractivity contribution in [2.24, 2.45) is 11.5 Å². The van der Waals surface area contributed by atoms with E-state index < -0.39 is 0 Å². The molecule has 72 valence electrons. The second kappa shape index (κ2) is 4.35. The van der Waals surface area contributed by atoms with E-state index in [9.17, 15) is 4.39 Å². The van der Waals surface area contributed by atoms with Gasteiger partial charge in [-0.2, -0.15) is 0 Å². The first-order valence-electron chi connectivity index (χ1n) is 4.37. The molecular formula is C10H15FN2. The molecule has 0 amide bonds. The van der Waals surface area contributed by atoms with E-state index in [1.165, 1.54) is 6.07 Å². The van der Waals surface area contributed by atoms with Crippen molar-refractivity contribution in [2.45, 2.75) is 19.4 Å². The maximum absolute atomic E-state index is 13.3. The Morgan fingerprint density at radius 2 is 2.15 bits per heavy atom. The largest absolute Gasteiger partial charge is 0.330 e. The average Bonchev–Trinajstić information content (AvgIpc) is 2.04. The van der Waals surface area contributed by atoms with Crippen LogP contribution in [0.15, 0.2) is 18.2 Å². The van der Waals surface area contributed by atoms with Crippen LogP contribution in [0.4, 0.5) is 4.39 Å². The first kappa shape index (κ1) is 10.2. The van der Waals surface area contributed by atoms with Crippen LogP contribution in [0.2, 0.25) is 0 Å². The van der Waals surface area contributed by atoms with Crippen LogP contribution in [0.1, 0.15) is 23.6 Å². The van der Waals surface area contributed by atoms with Crippen molar-refractivity contribution in [1.82, 2.24) is 0 Å². The quantitative estimate of drug-likeness (QED) is 0.744. The summed E-state index contributed by atoms with van der Waals surface area (Å²) in [6, 6.07) is 4.79. The fraction of sp³-hybridized carbons (Fsp3) is 0.400. The molecule has 0 unspecified atom stereocenters. The van der Waals surface area contributed by atoms with E-state index >= 15 is 0 Å². The highest BCUT2D eigenvalue weighted by Crippen LogP contribution is 2.18. The predicted octanol–water partition coefficient (Wildman–Crippen LogP) is 1.48. The Bertz CT molecular complexity index is 286. The van der Waals surface area contributed by atoms with Crippen LogP contribution in [0.3, 0.4) is 0 Å². The Hall–Kier alpha value is -0.930. The summed E-state index contributed by atoms with van der Waals surface area (Å²) >= 11 is 0. The van der Waals surface area contributed by atoms with Crippen molar-refractivity contribution in [3.63, 3.8) is 0 Å². The Morgan fingerprint density at radius 3 is 2.69 bits per heavy atom. The van der Waals surface area contributed by atoms with Crippen LogP contribution in [0, 0.1) is 12.7 Å². The lowest BCUT2D eigenvalue weighted by molar-refractivity contribution is 0.566. The molecular weight excluding hydrogens is 167 g/mol. The van der Waals surface area contributed by atoms with Gasteiger partial charge >= 0.3 is 0 Å². The Labute approximate surface area is 77.7 Å². The molecule has 0 aliphatic carbocycles. The molecule has 0 saturated heterocycles. The van der Waals surface area contributed by atoms with Crippen LogP contribution < -0.4 is 11.5 Å². The molecule has 0 fully saturated rings. The van der Waals surface area contributed by atoms with E-state index in [1.54, 1.807) is 6.07 Å². The number of halogens is 1. The van der Waals surface area contributed by atoms with Crippen molar-refractivity contribution in [1.29, 1.82) is 0 Å². The molecule has 1 rings (SSSR count). The smallest absolute Gasteiger partial charge is 0.128 e. The van der Waals surface area contributed by atoms with Crippen LogP contribution in [0.5, 0.6) is 0 Å². The van der Waals surface area contributed by atoms with Gasteiger partial charge in [-0.15, -0.1) is 0 Å². The zero-order valence-electron chi connectivity index (χ0n) is 7.76. The molecule has 13 heavy (non-hydrogen) atoms. The Morgan fingerprint density at radius 1 is 1.46 bits per heavy atom. The number of benzene rings is 1. The van der Waals surface area contributed by atoms with Crippen molar-refractivity contribution in [2.75, 3.05) is 6.54 Å². The molecule has 0 saturated carbocycles. The minimum absolute atomic E-state index is 0.235. The maximum Gasteiger partial charge on any atom is 0.128 e. The third-order valence-corrected chi connectivity index (χ3v) is 2.03. The molecule has 0 aromatic heterocycles. The van der Waals surface area contributed by atoms with Crippen LogP contribution in [-0.2, 0) is 0 Å². The van der Waals surface area contributed by atoms with Crippen molar-refractivity contribution in [3.8, 4) is 0 Å². The lowest BCUT2D eigenvalue weighted by Crippen LogP contribution is -2.16. The van der Waals surface area contributed by atoms with Crippen molar-refractivity contribution < 1.29 is 4.39 Å². The van der Waals surface area contributed by atoms with Crippen molar-refractivity contribution >= 4 is 0 Å². The normalized spacial score (nSPS) is 12.9. The van der Waals surface area contributed by atoms with Gasteiger partial charge in [0.2, 0.25) is 0 Å². The fourth-order valence-electron chi connectivity index (χ4n) is 1.27. The van der Waals surface area contributed by atoms with E-state index in [1.807, 2.05) is 13.0 Å². The van der Waals surface area contributed by atoms with Gasteiger partial charge < -0.3 is 11.5 Å². The molecule has 2 nitrogen and oxygen atoms in total. The molecule has 3 heteroatoms. The van der Waals surface area contributed by atoms with E-state index in [2.05, 4.69) is 0 Å². The third kappa shape index (κ3) is 2.50. The molecule has 1 aromatic rings. The van der Waals surface area contributed by atoms with Gasteiger partial charge in [0.15, 0.2) is 0 Å². The van der Waals surface area contributed by atoms with Crippen LogP contribution >= 0.6 is 0 Å². The predicted molar refractivity (Wildman–Crippen MR) is 51.7 cm³/mol.